The lowest BCUT2D eigenvalue weighted by atomic mass is 9.91. The van der Waals surface area contributed by atoms with Crippen LogP contribution in [0.1, 0.15) is 88.0 Å². The van der Waals surface area contributed by atoms with E-state index in [1.807, 2.05) is 46.2 Å². The van der Waals surface area contributed by atoms with E-state index >= 15 is 0 Å². The highest BCUT2D eigenvalue weighted by molar-refractivity contribution is 7.99. The van der Waals surface area contributed by atoms with Gasteiger partial charge in [-0.2, -0.15) is 0 Å². The van der Waals surface area contributed by atoms with Crippen LogP contribution in [0.3, 0.4) is 0 Å². The Morgan fingerprint density at radius 2 is 1.65 bits per heavy atom. The quantitative estimate of drug-likeness (QED) is 0.0862. The number of rotatable bonds is 17. The molecule has 7 amide bonds. The first-order chi connectivity index (χ1) is 30.2. The number of ether oxygens (including phenoxy) is 1. The Balaban J connectivity index is 0.747. The maximum absolute atomic E-state index is 13.3. The summed E-state index contributed by atoms with van der Waals surface area (Å²) >= 11 is 1.37. The summed E-state index contributed by atoms with van der Waals surface area (Å²) in [4.78, 5) is 100. The highest BCUT2D eigenvalue weighted by Crippen LogP contribution is 2.34. The van der Waals surface area contributed by atoms with Gasteiger partial charge < -0.3 is 24.8 Å². The number of pyridine rings is 1. The third-order valence-electron chi connectivity index (χ3n) is 11.8. The number of benzene rings is 2. The van der Waals surface area contributed by atoms with Gasteiger partial charge >= 0.3 is 0 Å². The Morgan fingerprint density at radius 1 is 0.855 bits per heavy atom. The molecule has 1 aromatic heterocycles. The van der Waals surface area contributed by atoms with Crippen LogP contribution in [0.4, 0.5) is 5.69 Å². The average molecular weight is 864 g/mol. The fourth-order valence-corrected chi connectivity index (χ4v) is 9.28. The first kappa shape index (κ1) is 44.2. The maximum atomic E-state index is 13.3. The molecular formula is C46H53N7O8S. The largest absolute Gasteiger partial charge is 0.380 e. The molecule has 62 heavy (non-hydrogen) atoms. The molecule has 7 rings (SSSR count). The van der Waals surface area contributed by atoms with Gasteiger partial charge in [-0.05, 0) is 85.7 Å². The fraction of sp³-hybridized carbons (Fsp3) is 0.435. The van der Waals surface area contributed by atoms with Crippen LogP contribution >= 0.6 is 11.8 Å². The highest BCUT2D eigenvalue weighted by atomic mass is 32.2. The van der Waals surface area contributed by atoms with Crippen molar-refractivity contribution in [3.63, 3.8) is 0 Å². The lowest BCUT2D eigenvalue weighted by Crippen LogP contribution is -2.54. The number of piperidine rings is 2. The smallest absolute Gasteiger partial charge is 0.263 e. The fourth-order valence-electron chi connectivity index (χ4n) is 8.35. The topological polar surface area (TPSA) is 179 Å². The monoisotopic (exact) mass is 863 g/mol. The number of likely N-dealkylation sites (tertiary alicyclic amines) is 1. The molecule has 2 N–H and O–H groups in total. The second-order valence-electron chi connectivity index (χ2n) is 15.9. The summed E-state index contributed by atoms with van der Waals surface area (Å²) in [5.41, 5.74) is 3.09. The number of carbonyl (C=O) groups excluding carboxylic acids is 7. The molecule has 0 radical (unpaired) electrons. The van der Waals surface area contributed by atoms with Crippen LogP contribution in [0.5, 0.6) is 0 Å². The number of piperazine rings is 1. The van der Waals surface area contributed by atoms with Crippen molar-refractivity contribution in [3.8, 4) is 0 Å². The summed E-state index contributed by atoms with van der Waals surface area (Å²) in [6.45, 7) is 5.27. The molecule has 1 unspecified atom stereocenters. The second kappa shape index (κ2) is 21.3. The van der Waals surface area contributed by atoms with Crippen molar-refractivity contribution < 1.29 is 38.3 Å². The van der Waals surface area contributed by atoms with Crippen LogP contribution < -0.4 is 15.5 Å². The van der Waals surface area contributed by atoms with Crippen LogP contribution in [-0.4, -0.2) is 132 Å². The highest BCUT2D eigenvalue weighted by Gasteiger charge is 2.45. The first-order valence-corrected chi connectivity index (χ1v) is 22.5. The molecule has 4 aliphatic heterocycles. The van der Waals surface area contributed by atoms with Gasteiger partial charge in [0.15, 0.2) is 0 Å². The first-order valence-electron chi connectivity index (χ1n) is 21.5. The standard InChI is InChI=1S/C46H53N7O8S/c54-39(15-9-33-6-4-20-47-31-33)48-21-2-1-5-32-17-22-52(23-18-32)44(58)34-10-12-35(13-11-34)50-24-26-51(27-25-50)41(56)19-28-61-29-30-62-38-8-3-7-36-42(38)46(60)53(45(36)59)37-14-16-40(55)49-43(37)57/h3-4,6-13,15,20,31-32,37H,1-2,5,14,16-19,21-30H2,(H,48,54)(H,49,55,57)/b15-9+. The van der Waals surface area contributed by atoms with Gasteiger partial charge in [0, 0.05) is 92.6 Å². The number of thioether (sulfide) groups is 1. The zero-order chi connectivity index (χ0) is 43.4. The Kier molecular flexibility index (Phi) is 15.2. The summed E-state index contributed by atoms with van der Waals surface area (Å²) < 4.78 is 5.77. The molecule has 2 aromatic carbocycles. The molecule has 0 aliphatic carbocycles. The zero-order valence-electron chi connectivity index (χ0n) is 34.8. The third-order valence-corrected chi connectivity index (χ3v) is 12.9. The van der Waals surface area contributed by atoms with Crippen molar-refractivity contribution in [3.05, 3.63) is 95.3 Å². The Bertz CT molecular complexity index is 2150. The zero-order valence-corrected chi connectivity index (χ0v) is 35.6. The molecule has 3 aromatic rings. The number of hydrogen-bond acceptors (Lipinski definition) is 11. The van der Waals surface area contributed by atoms with E-state index in [2.05, 4.69) is 20.5 Å². The predicted octanol–water partition coefficient (Wildman–Crippen LogP) is 4.18. The van der Waals surface area contributed by atoms with Crippen LogP contribution in [0, 0.1) is 5.92 Å². The minimum Gasteiger partial charge on any atom is -0.380 e. The Labute approximate surface area is 365 Å². The van der Waals surface area contributed by atoms with E-state index in [-0.39, 0.29) is 54.7 Å². The third kappa shape index (κ3) is 11.1. The van der Waals surface area contributed by atoms with Crippen molar-refractivity contribution in [2.24, 2.45) is 5.92 Å². The van der Waals surface area contributed by atoms with Crippen LogP contribution in [-0.2, 0) is 23.9 Å². The molecule has 0 saturated carbocycles. The minimum absolute atomic E-state index is 0.0233. The summed E-state index contributed by atoms with van der Waals surface area (Å²) in [6, 6.07) is 15.5. The van der Waals surface area contributed by atoms with Crippen LogP contribution in [0.25, 0.3) is 6.08 Å². The number of hydrogen-bond donors (Lipinski definition) is 2. The van der Waals surface area contributed by atoms with E-state index in [4.69, 9.17) is 4.74 Å². The van der Waals surface area contributed by atoms with Gasteiger partial charge in [-0.1, -0.05) is 25.0 Å². The minimum atomic E-state index is -1.02. The molecule has 4 aliphatic rings. The normalized spacial score (nSPS) is 18.4. The average Bonchev–Trinajstić information content (AvgIpc) is 3.55. The van der Waals surface area contributed by atoms with E-state index in [0.29, 0.717) is 61.5 Å². The number of fused-ring (bicyclic) bond motifs is 1. The van der Waals surface area contributed by atoms with Crippen molar-refractivity contribution in [2.45, 2.75) is 62.3 Å². The molecule has 5 heterocycles. The number of imide groups is 2. The van der Waals surface area contributed by atoms with E-state index in [0.717, 1.165) is 61.3 Å². The number of anilines is 1. The molecule has 16 heteroatoms. The summed E-state index contributed by atoms with van der Waals surface area (Å²) in [5.74, 6) is -1.10. The lowest BCUT2D eigenvalue weighted by Gasteiger charge is -2.36. The van der Waals surface area contributed by atoms with Crippen molar-refractivity contribution in [2.75, 3.05) is 69.7 Å². The molecule has 326 valence electrons. The number of amides is 7. The van der Waals surface area contributed by atoms with Gasteiger partial charge in [0.1, 0.15) is 6.04 Å². The summed E-state index contributed by atoms with van der Waals surface area (Å²) in [7, 11) is 0. The number of unbranched alkanes of at least 4 members (excludes halogenated alkanes) is 1. The maximum Gasteiger partial charge on any atom is 0.263 e. The number of aromatic nitrogens is 1. The SMILES string of the molecule is O=C(/C=C/c1cccnc1)NCCCCC1CCN(C(=O)c2ccc(N3CCN(C(=O)CCOCCSc4cccc5c4C(=O)N(C4CCC(=O)NC4=O)C5=O)CC3)cc2)CC1. The second-order valence-corrected chi connectivity index (χ2v) is 17.0. The molecule has 15 nitrogen and oxygen atoms in total. The van der Waals surface area contributed by atoms with E-state index < -0.39 is 29.7 Å². The number of nitrogens with one attached hydrogen (secondary N) is 2. The molecule has 3 saturated heterocycles. The van der Waals surface area contributed by atoms with Crippen molar-refractivity contribution >= 4 is 64.9 Å². The Morgan fingerprint density at radius 3 is 2.39 bits per heavy atom. The summed E-state index contributed by atoms with van der Waals surface area (Å²) in [6.07, 6.45) is 12.1. The molecule has 0 spiro atoms. The van der Waals surface area contributed by atoms with E-state index in [1.165, 1.54) is 17.8 Å². The number of nitrogens with zero attached hydrogens (tertiary/aromatic N) is 5. The van der Waals surface area contributed by atoms with Gasteiger partial charge in [0.2, 0.25) is 23.6 Å². The molecule has 1 atom stereocenters. The molecular weight excluding hydrogens is 811 g/mol. The van der Waals surface area contributed by atoms with Crippen molar-refractivity contribution in [1.82, 2.24) is 30.3 Å². The molecule has 3 fully saturated rings. The van der Waals surface area contributed by atoms with Gasteiger partial charge in [-0.3, -0.25) is 48.8 Å². The van der Waals surface area contributed by atoms with Crippen LogP contribution in [0.2, 0.25) is 0 Å². The van der Waals surface area contributed by atoms with Gasteiger partial charge in [-0.25, -0.2) is 0 Å². The van der Waals surface area contributed by atoms with E-state index in [9.17, 15) is 33.6 Å². The molecule has 0 bridgehead atoms. The van der Waals surface area contributed by atoms with Crippen LogP contribution in [0.15, 0.2) is 78.0 Å². The predicted molar refractivity (Wildman–Crippen MR) is 233 cm³/mol. The Hall–Kier alpha value is -5.87. The van der Waals surface area contributed by atoms with Gasteiger partial charge in [-0.15, -0.1) is 11.8 Å². The number of carbonyl (C=O) groups is 7. The van der Waals surface area contributed by atoms with Gasteiger partial charge in [0.05, 0.1) is 30.8 Å². The lowest BCUT2D eigenvalue weighted by molar-refractivity contribution is -0.136. The van der Waals surface area contributed by atoms with E-state index in [1.54, 1.807) is 36.7 Å². The summed E-state index contributed by atoms with van der Waals surface area (Å²) in [5, 5.41) is 5.16. The van der Waals surface area contributed by atoms with Gasteiger partial charge in [0.25, 0.3) is 17.7 Å². The van der Waals surface area contributed by atoms with Crippen molar-refractivity contribution in [1.29, 1.82) is 0 Å².